The summed E-state index contributed by atoms with van der Waals surface area (Å²) in [6.45, 7) is 0. The molecule has 5 heteroatoms. The van der Waals surface area contributed by atoms with Gasteiger partial charge in [-0.05, 0) is 24.3 Å². The highest BCUT2D eigenvalue weighted by Crippen LogP contribution is 2.31. The minimum Gasteiger partial charge on any atom is -0.497 e. The van der Waals surface area contributed by atoms with Crippen molar-refractivity contribution in [3.8, 4) is 5.75 Å². The van der Waals surface area contributed by atoms with Gasteiger partial charge in [0, 0.05) is 17.2 Å². The Labute approximate surface area is 123 Å². The first-order chi connectivity index (χ1) is 10.2. The van der Waals surface area contributed by atoms with Gasteiger partial charge in [0.2, 0.25) is 11.0 Å². The number of methoxy groups -OCH3 is 1. The molecule has 0 fully saturated rings. The average molecular weight is 301 g/mol. The fourth-order valence-electron chi connectivity index (χ4n) is 2.43. The molecule has 0 radical (unpaired) electrons. The largest absolute Gasteiger partial charge is 0.497 e. The first-order valence-corrected chi connectivity index (χ1v) is 6.68. The molecular weight excluding hydrogens is 292 g/mol. The van der Waals surface area contributed by atoms with Crippen molar-refractivity contribution in [3.05, 3.63) is 51.6 Å². The number of furan rings is 1. The minimum atomic E-state index is -0.207. The third-order valence-corrected chi connectivity index (χ3v) is 3.69. The summed E-state index contributed by atoms with van der Waals surface area (Å²) >= 11 is 5.95. The van der Waals surface area contributed by atoms with Crippen LogP contribution in [-0.4, -0.2) is 7.11 Å². The van der Waals surface area contributed by atoms with Crippen LogP contribution in [0.15, 0.2) is 50.0 Å². The van der Waals surface area contributed by atoms with Crippen molar-refractivity contribution in [3.63, 3.8) is 0 Å². The van der Waals surface area contributed by atoms with Gasteiger partial charge in [-0.1, -0.05) is 11.6 Å². The zero-order valence-electron chi connectivity index (χ0n) is 11.0. The second kappa shape index (κ2) is 4.27. The Bertz CT molecular complexity index is 1060. The van der Waals surface area contributed by atoms with Crippen LogP contribution in [-0.2, 0) is 0 Å². The van der Waals surface area contributed by atoms with Gasteiger partial charge < -0.3 is 13.6 Å². The Hall–Kier alpha value is -2.46. The van der Waals surface area contributed by atoms with Gasteiger partial charge in [-0.2, -0.15) is 0 Å². The standard InChI is InChI=1S/C16H9ClO4/c1-19-9-3-5-10-13(7-9)20-15-11-4-2-8(17)6-12(11)21-16(15)14(10)18/h2-7H,1H3. The quantitative estimate of drug-likeness (QED) is 0.524. The van der Waals surface area contributed by atoms with Gasteiger partial charge in [-0.3, -0.25) is 4.79 Å². The summed E-state index contributed by atoms with van der Waals surface area (Å²) in [5, 5.41) is 1.71. The van der Waals surface area contributed by atoms with Crippen LogP contribution in [0.3, 0.4) is 0 Å². The topological polar surface area (TPSA) is 52.6 Å². The number of fused-ring (bicyclic) bond motifs is 4. The Morgan fingerprint density at radius 1 is 0.952 bits per heavy atom. The fourth-order valence-corrected chi connectivity index (χ4v) is 2.59. The highest BCUT2D eigenvalue weighted by molar-refractivity contribution is 6.31. The maximum atomic E-state index is 12.5. The molecule has 21 heavy (non-hydrogen) atoms. The van der Waals surface area contributed by atoms with E-state index >= 15 is 0 Å². The number of hydrogen-bond donors (Lipinski definition) is 0. The smallest absolute Gasteiger partial charge is 0.235 e. The van der Waals surface area contributed by atoms with E-state index in [1.54, 1.807) is 43.5 Å². The Balaban J connectivity index is 2.22. The molecule has 0 N–H and O–H groups in total. The lowest BCUT2D eigenvalue weighted by atomic mass is 10.2. The molecule has 2 aromatic carbocycles. The van der Waals surface area contributed by atoms with E-state index in [4.69, 9.17) is 25.2 Å². The third kappa shape index (κ3) is 1.73. The predicted octanol–water partition coefficient (Wildman–Crippen LogP) is 4.35. The van der Waals surface area contributed by atoms with Crippen molar-refractivity contribution < 1.29 is 13.6 Å². The molecule has 0 aliphatic carbocycles. The summed E-state index contributed by atoms with van der Waals surface area (Å²) in [6, 6.07) is 10.2. The van der Waals surface area contributed by atoms with Crippen molar-refractivity contribution in [2.75, 3.05) is 7.11 Å². The van der Waals surface area contributed by atoms with Crippen molar-refractivity contribution in [2.45, 2.75) is 0 Å². The molecule has 2 heterocycles. The maximum Gasteiger partial charge on any atom is 0.235 e. The van der Waals surface area contributed by atoms with Crippen molar-refractivity contribution in [2.24, 2.45) is 0 Å². The lowest BCUT2D eigenvalue weighted by Crippen LogP contribution is -2.00. The van der Waals surface area contributed by atoms with Gasteiger partial charge in [-0.25, -0.2) is 0 Å². The van der Waals surface area contributed by atoms with E-state index in [1.807, 2.05) is 0 Å². The molecule has 0 aliphatic rings. The lowest BCUT2D eigenvalue weighted by Gasteiger charge is -2.01. The minimum absolute atomic E-state index is 0.199. The summed E-state index contributed by atoms with van der Waals surface area (Å²) in [7, 11) is 1.56. The van der Waals surface area contributed by atoms with E-state index in [2.05, 4.69) is 0 Å². The normalized spacial score (nSPS) is 11.5. The lowest BCUT2D eigenvalue weighted by molar-refractivity contribution is 0.414. The molecule has 0 bridgehead atoms. The second-order valence-corrected chi connectivity index (χ2v) is 5.13. The summed E-state index contributed by atoms with van der Waals surface area (Å²) in [4.78, 5) is 12.5. The van der Waals surface area contributed by atoms with Crippen LogP contribution in [0.1, 0.15) is 0 Å². The molecule has 4 nitrogen and oxygen atoms in total. The highest BCUT2D eigenvalue weighted by atomic mass is 35.5. The zero-order valence-corrected chi connectivity index (χ0v) is 11.7. The Morgan fingerprint density at radius 3 is 2.48 bits per heavy atom. The maximum absolute atomic E-state index is 12.5. The molecule has 0 saturated heterocycles. The third-order valence-electron chi connectivity index (χ3n) is 3.46. The number of rotatable bonds is 1. The van der Waals surface area contributed by atoms with Gasteiger partial charge in [0.05, 0.1) is 17.9 Å². The number of halogens is 1. The van der Waals surface area contributed by atoms with Crippen LogP contribution >= 0.6 is 11.6 Å². The molecule has 0 saturated carbocycles. The van der Waals surface area contributed by atoms with Gasteiger partial charge in [-0.15, -0.1) is 0 Å². The number of hydrogen-bond acceptors (Lipinski definition) is 4. The molecule has 0 spiro atoms. The van der Waals surface area contributed by atoms with Crippen LogP contribution in [0.5, 0.6) is 5.75 Å². The summed E-state index contributed by atoms with van der Waals surface area (Å²) in [6.07, 6.45) is 0. The summed E-state index contributed by atoms with van der Waals surface area (Å²) in [5.41, 5.74) is 1.41. The van der Waals surface area contributed by atoms with E-state index in [-0.39, 0.29) is 11.0 Å². The van der Waals surface area contributed by atoms with Crippen molar-refractivity contribution in [1.82, 2.24) is 0 Å². The van der Waals surface area contributed by atoms with E-state index in [9.17, 15) is 4.79 Å². The van der Waals surface area contributed by atoms with Crippen LogP contribution in [0, 0.1) is 0 Å². The van der Waals surface area contributed by atoms with Gasteiger partial charge in [0.25, 0.3) is 0 Å². The van der Waals surface area contributed by atoms with Crippen LogP contribution in [0.25, 0.3) is 33.1 Å². The fraction of sp³-hybridized carbons (Fsp3) is 0.0625. The molecule has 2 aromatic heterocycles. The molecule has 4 aromatic rings. The van der Waals surface area contributed by atoms with E-state index in [1.165, 1.54) is 0 Å². The SMILES string of the molecule is COc1ccc2c(=O)c3oc4cc(Cl)ccc4c3oc2c1. The first kappa shape index (κ1) is 12.3. The van der Waals surface area contributed by atoms with Crippen LogP contribution < -0.4 is 10.2 Å². The summed E-state index contributed by atoms with van der Waals surface area (Å²) in [5.74, 6) is 0.626. The predicted molar refractivity (Wildman–Crippen MR) is 81.3 cm³/mol. The van der Waals surface area contributed by atoms with Crippen LogP contribution in [0.4, 0.5) is 0 Å². The molecule has 0 unspecified atom stereocenters. The summed E-state index contributed by atoms with van der Waals surface area (Å²) < 4.78 is 16.6. The molecule has 104 valence electrons. The van der Waals surface area contributed by atoms with E-state index < -0.39 is 0 Å². The van der Waals surface area contributed by atoms with Crippen molar-refractivity contribution in [1.29, 1.82) is 0 Å². The molecule has 0 aliphatic heterocycles. The average Bonchev–Trinajstić information content (AvgIpc) is 2.85. The Kier molecular flexibility index (Phi) is 2.50. The zero-order chi connectivity index (χ0) is 14.6. The monoisotopic (exact) mass is 300 g/mol. The van der Waals surface area contributed by atoms with Crippen LogP contribution in [0.2, 0.25) is 5.02 Å². The molecule has 4 rings (SSSR count). The van der Waals surface area contributed by atoms with Gasteiger partial charge in [0.15, 0.2) is 5.58 Å². The van der Waals surface area contributed by atoms with E-state index in [0.717, 1.165) is 5.39 Å². The second-order valence-electron chi connectivity index (χ2n) is 4.69. The van der Waals surface area contributed by atoms with E-state index in [0.29, 0.717) is 32.9 Å². The number of ether oxygens (including phenoxy) is 1. The van der Waals surface area contributed by atoms with Gasteiger partial charge in [0.1, 0.15) is 16.9 Å². The van der Waals surface area contributed by atoms with Crippen molar-refractivity contribution >= 4 is 44.7 Å². The molecule has 0 atom stereocenters. The van der Waals surface area contributed by atoms with Gasteiger partial charge >= 0.3 is 0 Å². The molecule has 0 amide bonds. The number of benzene rings is 2. The Morgan fingerprint density at radius 2 is 1.67 bits per heavy atom. The highest BCUT2D eigenvalue weighted by Gasteiger charge is 2.16. The first-order valence-electron chi connectivity index (χ1n) is 6.30. The molecular formula is C16H9ClO4.